The van der Waals surface area contributed by atoms with Crippen LogP contribution in [-0.4, -0.2) is 34.9 Å². The van der Waals surface area contributed by atoms with Gasteiger partial charge in [0, 0.05) is 6.42 Å². The number of unbranched alkanes of at least 4 members (excludes halogenated alkanes) is 32. The zero-order valence-electron chi connectivity index (χ0n) is 37.7. The number of aliphatic hydroxyl groups excluding tert-OH is 2. The lowest BCUT2D eigenvalue weighted by atomic mass is 10.0. The van der Waals surface area contributed by atoms with Crippen molar-refractivity contribution in [3.63, 3.8) is 0 Å². The average Bonchev–Trinajstić information content (AvgIpc) is 3.20. The Hall–Kier alpha value is -1.65. The second-order valence-electron chi connectivity index (χ2n) is 16.9. The van der Waals surface area contributed by atoms with Crippen LogP contribution in [0.25, 0.3) is 0 Å². The van der Waals surface area contributed by atoms with Crippen LogP contribution in [0.15, 0.2) is 48.6 Å². The highest BCUT2D eigenvalue weighted by Gasteiger charge is 2.17. The molecule has 0 rings (SSSR count). The molecule has 0 spiro atoms. The molecule has 2 unspecified atom stereocenters. The number of aliphatic hydroxyl groups is 2. The molecule has 2 atom stereocenters. The van der Waals surface area contributed by atoms with Crippen LogP contribution >= 0.6 is 0 Å². The number of rotatable bonds is 45. The third-order valence-electron chi connectivity index (χ3n) is 11.3. The fraction of sp³-hybridized carbons (Fsp3) is 0.827. The number of hydrogen-bond donors (Lipinski definition) is 3. The van der Waals surface area contributed by atoms with Crippen molar-refractivity contribution in [3.8, 4) is 0 Å². The van der Waals surface area contributed by atoms with E-state index in [1.54, 1.807) is 6.08 Å². The molecule has 0 aliphatic carbocycles. The van der Waals surface area contributed by atoms with E-state index in [4.69, 9.17) is 0 Å². The number of carbonyl (C=O) groups is 1. The maximum Gasteiger partial charge on any atom is 0.220 e. The molecule has 0 radical (unpaired) electrons. The maximum absolute atomic E-state index is 12.4. The molecule has 1 amide bonds. The molecule has 0 aliphatic heterocycles. The summed E-state index contributed by atoms with van der Waals surface area (Å²) in [5.41, 5.74) is 0. The third kappa shape index (κ3) is 43.5. The second-order valence-corrected chi connectivity index (χ2v) is 16.9. The van der Waals surface area contributed by atoms with Gasteiger partial charge in [-0.2, -0.15) is 0 Å². The van der Waals surface area contributed by atoms with Crippen LogP contribution in [0.4, 0.5) is 0 Å². The molecule has 0 saturated carbocycles. The van der Waals surface area contributed by atoms with Crippen LogP contribution in [0.2, 0.25) is 0 Å². The fourth-order valence-electron chi connectivity index (χ4n) is 7.46. The van der Waals surface area contributed by atoms with Gasteiger partial charge in [0.25, 0.3) is 0 Å². The van der Waals surface area contributed by atoms with E-state index in [2.05, 4.69) is 55.6 Å². The van der Waals surface area contributed by atoms with Crippen molar-refractivity contribution in [2.24, 2.45) is 0 Å². The fourth-order valence-corrected chi connectivity index (χ4v) is 7.46. The van der Waals surface area contributed by atoms with E-state index in [0.717, 1.165) is 44.9 Å². The smallest absolute Gasteiger partial charge is 0.220 e. The van der Waals surface area contributed by atoms with Crippen LogP contribution in [0.3, 0.4) is 0 Å². The Bertz CT molecular complexity index is 893. The molecule has 328 valence electrons. The lowest BCUT2D eigenvalue weighted by Crippen LogP contribution is -2.45. The summed E-state index contributed by atoms with van der Waals surface area (Å²) < 4.78 is 0. The Balaban J connectivity index is 3.57. The summed E-state index contributed by atoms with van der Waals surface area (Å²) in [6.07, 6.45) is 65.3. The van der Waals surface area contributed by atoms with E-state index in [1.165, 1.54) is 193 Å². The predicted octanol–water partition coefficient (Wildman–Crippen LogP) is 15.9. The minimum absolute atomic E-state index is 0.0809. The van der Waals surface area contributed by atoms with Gasteiger partial charge in [0.1, 0.15) is 0 Å². The van der Waals surface area contributed by atoms with Crippen molar-refractivity contribution < 1.29 is 15.0 Å². The lowest BCUT2D eigenvalue weighted by molar-refractivity contribution is -0.123. The van der Waals surface area contributed by atoms with Crippen LogP contribution in [0, 0.1) is 0 Å². The van der Waals surface area contributed by atoms with E-state index in [0.29, 0.717) is 6.42 Å². The first-order chi connectivity index (χ1) is 27.7. The minimum Gasteiger partial charge on any atom is -0.394 e. The highest BCUT2D eigenvalue weighted by molar-refractivity contribution is 5.76. The standard InChI is InChI=1S/C52H97NO3/c1-3-5-7-9-11-13-15-17-19-21-23-24-25-26-27-28-29-30-31-33-35-37-39-41-43-45-47-51(55)50(49-54)53-52(56)48-46-44-42-40-38-36-34-32-22-20-18-16-14-12-10-8-6-4-2/h14,16,20,22,37,39,45,47,50-51,54-55H,3-13,15,17-19,21,23-36,38,40-44,46,48-49H2,1-2H3,(H,53,56)/b16-14-,22-20-,39-37+,47-45+. The summed E-state index contributed by atoms with van der Waals surface area (Å²) in [7, 11) is 0. The number of hydrogen-bond acceptors (Lipinski definition) is 3. The Morgan fingerprint density at radius 3 is 1.16 bits per heavy atom. The third-order valence-corrected chi connectivity index (χ3v) is 11.3. The summed E-state index contributed by atoms with van der Waals surface area (Å²) in [5, 5.41) is 23.1. The lowest BCUT2D eigenvalue weighted by Gasteiger charge is -2.19. The number of allylic oxidation sites excluding steroid dienone is 7. The molecule has 0 saturated heterocycles. The van der Waals surface area contributed by atoms with Gasteiger partial charge in [-0.1, -0.05) is 236 Å². The highest BCUT2D eigenvalue weighted by Crippen LogP contribution is 2.16. The molecule has 0 bridgehead atoms. The van der Waals surface area contributed by atoms with Gasteiger partial charge >= 0.3 is 0 Å². The van der Waals surface area contributed by atoms with Crippen molar-refractivity contribution in [3.05, 3.63) is 48.6 Å². The van der Waals surface area contributed by atoms with E-state index in [9.17, 15) is 15.0 Å². The van der Waals surface area contributed by atoms with Gasteiger partial charge in [-0.25, -0.2) is 0 Å². The zero-order valence-corrected chi connectivity index (χ0v) is 37.7. The quantitative estimate of drug-likeness (QED) is 0.0425. The summed E-state index contributed by atoms with van der Waals surface area (Å²) in [4.78, 5) is 12.4. The van der Waals surface area contributed by atoms with Crippen LogP contribution < -0.4 is 5.32 Å². The minimum atomic E-state index is -0.867. The van der Waals surface area contributed by atoms with Crippen molar-refractivity contribution >= 4 is 5.91 Å². The molecule has 4 nitrogen and oxygen atoms in total. The van der Waals surface area contributed by atoms with E-state index >= 15 is 0 Å². The highest BCUT2D eigenvalue weighted by atomic mass is 16.3. The molecule has 0 aromatic heterocycles. The van der Waals surface area contributed by atoms with E-state index in [-0.39, 0.29) is 12.5 Å². The summed E-state index contributed by atoms with van der Waals surface area (Å²) >= 11 is 0. The predicted molar refractivity (Wildman–Crippen MR) is 248 cm³/mol. The number of carbonyl (C=O) groups excluding carboxylic acids is 1. The molecule has 4 heteroatoms. The molecule has 0 fully saturated rings. The summed E-state index contributed by atoms with van der Waals surface area (Å²) in [6.45, 7) is 4.29. The molecule has 0 aromatic carbocycles. The molecule has 0 aliphatic rings. The molecule has 56 heavy (non-hydrogen) atoms. The topological polar surface area (TPSA) is 69.6 Å². The molecular weight excluding hydrogens is 687 g/mol. The average molecular weight is 784 g/mol. The van der Waals surface area contributed by atoms with Crippen LogP contribution in [-0.2, 0) is 4.79 Å². The van der Waals surface area contributed by atoms with Crippen molar-refractivity contribution in [1.82, 2.24) is 5.32 Å². The van der Waals surface area contributed by atoms with Crippen molar-refractivity contribution in [2.45, 2.75) is 270 Å². The molecule has 0 heterocycles. The van der Waals surface area contributed by atoms with Gasteiger partial charge in [-0.05, 0) is 64.2 Å². The van der Waals surface area contributed by atoms with Gasteiger partial charge in [0.05, 0.1) is 18.8 Å². The normalized spacial score (nSPS) is 13.3. The summed E-state index contributed by atoms with van der Waals surface area (Å²) in [5.74, 6) is -0.0809. The molecule has 3 N–H and O–H groups in total. The Labute approximate surface area is 350 Å². The van der Waals surface area contributed by atoms with Gasteiger partial charge in [0.15, 0.2) is 0 Å². The molecular formula is C52H97NO3. The van der Waals surface area contributed by atoms with Gasteiger partial charge in [-0.3, -0.25) is 4.79 Å². The van der Waals surface area contributed by atoms with Crippen molar-refractivity contribution in [1.29, 1.82) is 0 Å². The number of nitrogens with one attached hydrogen (secondary N) is 1. The van der Waals surface area contributed by atoms with Crippen LogP contribution in [0.1, 0.15) is 258 Å². The monoisotopic (exact) mass is 784 g/mol. The number of amides is 1. The van der Waals surface area contributed by atoms with E-state index < -0.39 is 12.1 Å². The van der Waals surface area contributed by atoms with Gasteiger partial charge in [0.2, 0.25) is 5.91 Å². The SMILES string of the molecule is CCCCCC/C=C\C/C=C\CCCCCCCCCC(=O)NC(CO)C(O)/C=C/CC/C=C/CCCCCCCCCCCCCCCCCCCCCC. The van der Waals surface area contributed by atoms with Gasteiger partial charge in [-0.15, -0.1) is 0 Å². The molecule has 0 aromatic rings. The first kappa shape index (κ1) is 54.3. The Morgan fingerprint density at radius 1 is 0.429 bits per heavy atom. The van der Waals surface area contributed by atoms with Gasteiger partial charge < -0.3 is 15.5 Å². The van der Waals surface area contributed by atoms with Crippen molar-refractivity contribution in [2.75, 3.05) is 6.61 Å². The Morgan fingerprint density at radius 2 is 0.750 bits per heavy atom. The first-order valence-electron chi connectivity index (χ1n) is 24.9. The van der Waals surface area contributed by atoms with Crippen LogP contribution in [0.5, 0.6) is 0 Å². The largest absolute Gasteiger partial charge is 0.394 e. The first-order valence-corrected chi connectivity index (χ1v) is 24.9. The van der Waals surface area contributed by atoms with E-state index in [1.807, 2.05) is 6.08 Å². The maximum atomic E-state index is 12.4. The Kier molecular flexibility index (Phi) is 46.3. The summed E-state index contributed by atoms with van der Waals surface area (Å²) in [6, 6.07) is -0.644. The zero-order chi connectivity index (χ0) is 40.7. The second kappa shape index (κ2) is 47.7.